The third kappa shape index (κ3) is 3.41. The standard InChI is InChI=1S/C12H10BrClN2O/c13-7-9-2-3-11(10(14)6-9)17-8-12-15-4-1-5-16-12/h1-6H,7-8H2. The molecule has 0 unspecified atom stereocenters. The van der Waals surface area contributed by atoms with Crippen molar-refractivity contribution in [2.45, 2.75) is 11.9 Å². The van der Waals surface area contributed by atoms with Crippen LogP contribution in [-0.2, 0) is 11.9 Å². The van der Waals surface area contributed by atoms with Crippen LogP contribution in [-0.4, -0.2) is 9.97 Å². The Morgan fingerprint density at radius 2 is 2.00 bits per heavy atom. The van der Waals surface area contributed by atoms with Crippen LogP contribution in [0, 0.1) is 0 Å². The van der Waals surface area contributed by atoms with Crippen LogP contribution >= 0.6 is 27.5 Å². The molecule has 1 aromatic carbocycles. The van der Waals surface area contributed by atoms with Crippen molar-refractivity contribution >= 4 is 27.5 Å². The van der Waals surface area contributed by atoms with Crippen molar-refractivity contribution in [3.05, 3.63) is 53.1 Å². The van der Waals surface area contributed by atoms with Gasteiger partial charge in [0.15, 0.2) is 5.82 Å². The van der Waals surface area contributed by atoms with Gasteiger partial charge in [-0.15, -0.1) is 0 Å². The molecule has 2 aromatic rings. The SMILES string of the molecule is Clc1cc(CBr)ccc1OCc1ncccn1. The van der Waals surface area contributed by atoms with Crippen molar-refractivity contribution in [3.63, 3.8) is 0 Å². The van der Waals surface area contributed by atoms with Crippen molar-refractivity contribution < 1.29 is 4.74 Å². The quantitative estimate of drug-likeness (QED) is 0.809. The number of halogens is 2. The zero-order chi connectivity index (χ0) is 12.1. The maximum atomic E-state index is 6.09. The van der Waals surface area contributed by atoms with Gasteiger partial charge in [0, 0.05) is 17.7 Å². The zero-order valence-corrected chi connectivity index (χ0v) is 11.3. The lowest BCUT2D eigenvalue weighted by atomic mass is 10.2. The van der Waals surface area contributed by atoms with Crippen LogP contribution in [0.1, 0.15) is 11.4 Å². The molecule has 5 heteroatoms. The molecule has 0 aliphatic rings. The molecule has 88 valence electrons. The van der Waals surface area contributed by atoms with E-state index in [4.69, 9.17) is 16.3 Å². The molecule has 0 bridgehead atoms. The third-order valence-electron chi connectivity index (χ3n) is 2.13. The highest BCUT2D eigenvalue weighted by molar-refractivity contribution is 9.08. The number of hydrogen-bond acceptors (Lipinski definition) is 3. The number of hydrogen-bond donors (Lipinski definition) is 0. The summed E-state index contributed by atoms with van der Waals surface area (Å²) in [7, 11) is 0. The molecule has 0 aliphatic heterocycles. The van der Waals surface area contributed by atoms with E-state index < -0.39 is 0 Å². The molecule has 0 atom stereocenters. The largest absolute Gasteiger partial charge is 0.484 e. The van der Waals surface area contributed by atoms with E-state index in [1.54, 1.807) is 18.5 Å². The molecule has 0 N–H and O–H groups in total. The Hall–Kier alpha value is -1.13. The number of ether oxygens (including phenoxy) is 1. The second-order valence-corrected chi connectivity index (χ2v) is 4.32. The Labute approximate surface area is 113 Å². The average molecular weight is 314 g/mol. The molecule has 2 rings (SSSR count). The van der Waals surface area contributed by atoms with Crippen LogP contribution in [0.15, 0.2) is 36.7 Å². The van der Waals surface area contributed by atoms with Crippen molar-refractivity contribution in [3.8, 4) is 5.75 Å². The molecule has 0 fully saturated rings. The molecule has 3 nitrogen and oxygen atoms in total. The van der Waals surface area contributed by atoms with Crippen molar-refractivity contribution in [2.75, 3.05) is 0 Å². The van der Waals surface area contributed by atoms with Crippen LogP contribution < -0.4 is 4.74 Å². The lowest BCUT2D eigenvalue weighted by molar-refractivity contribution is 0.296. The molecule has 0 spiro atoms. The molecule has 17 heavy (non-hydrogen) atoms. The number of rotatable bonds is 4. The fraction of sp³-hybridized carbons (Fsp3) is 0.167. The summed E-state index contributed by atoms with van der Waals surface area (Å²) in [4.78, 5) is 8.14. The van der Waals surface area contributed by atoms with Gasteiger partial charge >= 0.3 is 0 Å². The Morgan fingerprint density at radius 1 is 1.24 bits per heavy atom. The van der Waals surface area contributed by atoms with E-state index in [-0.39, 0.29) is 0 Å². The monoisotopic (exact) mass is 312 g/mol. The van der Waals surface area contributed by atoms with Gasteiger partial charge in [-0.2, -0.15) is 0 Å². The highest BCUT2D eigenvalue weighted by Crippen LogP contribution is 2.26. The van der Waals surface area contributed by atoms with Crippen LogP contribution in [0.25, 0.3) is 0 Å². The first kappa shape index (κ1) is 12.3. The summed E-state index contributed by atoms with van der Waals surface area (Å²) < 4.78 is 5.55. The summed E-state index contributed by atoms with van der Waals surface area (Å²) in [6.45, 7) is 0.314. The molecule has 1 aromatic heterocycles. The van der Waals surface area contributed by atoms with E-state index >= 15 is 0 Å². The van der Waals surface area contributed by atoms with Gasteiger partial charge in [-0.3, -0.25) is 0 Å². The van der Waals surface area contributed by atoms with Gasteiger partial charge < -0.3 is 4.74 Å². The summed E-state index contributed by atoms with van der Waals surface area (Å²) in [6.07, 6.45) is 3.36. The fourth-order valence-corrected chi connectivity index (χ4v) is 1.90. The average Bonchev–Trinajstić information content (AvgIpc) is 2.38. The van der Waals surface area contributed by atoms with E-state index in [0.717, 1.165) is 10.9 Å². The smallest absolute Gasteiger partial charge is 0.166 e. The first-order chi connectivity index (χ1) is 8.29. The third-order valence-corrected chi connectivity index (χ3v) is 3.07. The molecular formula is C12H10BrClN2O. The van der Waals surface area contributed by atoms with Gasteiger partial charge in [-0.05, 0) is 23.8 Å². The van der Waals surface area contributed by atoms with Crippen LogP contribution in [0.3, 0.4) is 0 Å². The Morgan fingerprint density at radius 3 is 2.65 bits per heavy atom. The van der Waals surface area contributed by atoms with Crippen LogP contribution in [0.4, 0.5) is 0 Å². The summed E-state index contributed by atoms with van der Waals surface area (Å²) in [5, 5.41) is 1.37. The predicted molar refractivity (Wildman–Crippen MR) is 70.4 cm³/mol. The first-order valence-corrected chi connectivity index (χ1v) is 6.52. The molecular weight excluding hydrogens is 304 g/mol. The Bertz CT molecular complexity index is 493. The van der Waals surface area contributed by atoms with E-state index in [2.05, 4.69) is 25.9 Å². The van der Waals surface area contributed by atoms with Gasteiger partial charge in [0.05, 0.1) is 5.02 Å². The minimum atomic E-state index is 0.314. The first-order valence-electron chi connectivity index (χ1n) is 5.02. The van der Waals surface area contributed by atoms with Gasteiger partial charge in [0.2, 0.25) is 0 Å². The number of alkyl halides is 1. The van der Waals surface area contributed by atoms with Gasteiger partial charge in [0.25, 0.3) is 0 Å². The molecule has 0 amide bonds. The Balaban J connectivity index is 2.04. The van der Waals surface area contributed by atoms with Crippen molar-refractivity contribution in [1.82, 2.24) is 9.97 Å². The second-order valence-electron chi connectivity index (χ2n) is 3.35. The summed E-state index contributed by atoms with van der Waals surface area (Å²) in [5.41, 5.74) is 1.11. The van der Waals surface area contributed by atoms with Gasteiger partial charge in [-0.1, -0.05) is 33.6 Å². The van der Waals surface area contributed by atoms with Gasteiger partial charge in [0.1, 0.15) is 12.4 Å². The maximum absolute atomic E-state index is 6.09. The highest BCUT2D eigenvalue weighted by atomic mass is 79.9. The van der Waals surface area contributed by atoms with Crippen LogP contribution in [0.5, 0.6) is 5.75 Å². The lowest BCUT2D eigenvalue weighted by Crippen LogP contribution is -2.00. The topological polar surface area (TPSA) is 35.0 Å². The van der Waals surface area contributed by atoms with E-state index in [9.17, 15) is 0 Å². The van der Waals surface area contributed by atoms with E-state index in [1.165, 1.54) is 0 Å². The summed E-state index contributed by atoms with van der Waals surface area (Å²) in [6, 6.07) is 7.45. The van der Waals surface area contributed by atoms with Gasteiger partial charge in [-0.25, -0.2) is 9.97 Å². The number of benzene rings is 1. The number of aromatic nitrogens is 2. The second kappa shape index (κ2) is 5.98. The molecule has 0 radical (unpaired) electrons. The maximum Gasteiger partial charge on any atom is 0.166 e. The lowest BCUT2D eigenvalue weighted by Gasteiger charge is -2.07. The minimum absolute atomic E-state index is 0.314. The van der Waals surface area contributed by atoms with Crippen LogP contribution in [0.2, 0.25) is 5.02 Å². The minimum Gasteiger partial charge on any atom is -0.484 e. The number of nitrogens with zero attached hydrogens (tertiary/aromatic N) is 2. The molecule has 0 aliphatic carbocycles. The van der Waals surface area contributed by atoms with Crippen molar-refractivity contribution in [1.29, 1.82) is 0 Å². The normalized spacial score (nSPS) is 10.2. The molecule has 0 saturated carbocycles. The predicted octanol–water partition coefficient (Wildman–Crippen LogP) is 3.60. The van der Waals surface area contributed by atoms with Crippen molar-refractivity contribution in [2.24, 2.45) is 0 Å². The highest BCUT2D eigenvalue weighted by Gasteiger charge is 2.04. The molecule has 1 heterocycles. The molecule has 0 saturated heterocycles. The summed E-state index contributed by atoms with van der Waals surface area (Å²) in [5.74, 6) is 1.27. The summed E-state index contributed by atoms with van der Waals surface area (Å²) >= 11 is 9.46. The fourth-order valence-electron chi connectivity index (χ4n) is 1.29. The Kier molecular flexibility index (Phi) is 4.34. The van der Waals surface area contributed by atoms with E-state index in [1.807, 2.05) is 18.2 Å². The van der Waals surface area contributed by atoms with E-state index in [0.29, 0.717) is 23.2 Å². The zero-order valence-electron chi connectivity index (χ0n) is 8.94.